The fourth-order valence-corrected chi connectivity index (χ4v) is 3.97. The molecule has 0 radical (unpaired) electrons. The Hall–Kier alpha value is -0.370. The molecular formula is C17H31NO. The fraction of sp³-hybridized carbons (Fsp3) is 0.941. The predicted molar refractivity (Wildman–Crippen MR) is 80.2 cm³/mol. The summed E-state index contributed by atoms with van der Waals surface area (Å²) in [6.07, 6.45) is 8.39. The number of rotatable bonds is 4. The highest BCUT2D eigenvalue weighted by atomic mass is 16.1. The first-order valence-corrected chi connectivity index (χ1v) is 8.38. The van der Waals surface area contributed by atoms with Crippen molar-refractivity contribution in [2.24, 2.45) is 17.8 Å². The molecular weight excluding hydrogens is 234 g/mol. The lowest BCUT2D eigenvalue weighted by Gasteiger charge is -2.39. The number of hydrogen-bond acceptors (Lipinski definition) is 2. The van der Waals surface area contributed by atoms with Crippen LogP contribution in [0.3, 0.4) is 0 Å². The van der Waals surface area contributed by atoms with Crippen molar-refractivity contribution in [3.63, 3.8) is 0 Å². The van der Waals surface area contributed by atoms with Gasteiger partial charge in [-0.3, -0.25) is 9.69 Å². The van der Waals surface area contributed by atoms with Crippen molar-refractivity contribution in [2.75, 3.05) is 13.1 Å². The Morgan fingerprint density at radius 3 is 2.74 bits per heavy atom. The van der Waals surface area contributed by atoms with Gasteiger partial charge in [-0.2, -0.15) is 0 Å². The van der Waals surface area contributed by atoms with Crippen molar-refractivity contribution in [1.29, 1.82) is 0 Å². The van der Waals surface area contributed by atoms with E-state index in [0.29, 0.717) is 11.7 Å². The normalized spacial score (nSPS) is 33.9. The third kappa shape index (κ3) is 3.81. The zero-order valence-corrected chi connectivity index (χ0v) is 13.0. The van der Waals surface area contributed by atoms with Gasteiger partial charge in [-0.05, 0) is 50.5 Å². The van der Waals surface area contributed by atoms with Crippen LogP contribution >= 0.6 is 0 Å². The van der Waals surface area contributed by atoms with Crippen LogP contribution in [0.2, 0.25) is 0 Å². The Morgan fingerprint density at radius 1 is 1.26 bits per heavy atom. The van der Waals surface area contributed by atoms with E-state index in [-0.39, 0.29) is 0 Å². The molecule has 0 aromatic rings. The summed E-state index contributed by atoms with van der Waals surface area (Å²) in [7, 11) is 0. The molecule has 19 heavy (non-hydrogen) atoms. The van der Waals surface area contributed by atoms with Gasteiger partial charge >= 0.3 is 0 Å². The lowest BCUT2D eigenvalue weighted by atomic mass is 9.75. The van der Waals surface area contributed by atoms with Crippen LogP contribution < -0.4 is 0 Å². The molecule has 3 atom stereocenters. The summed E-state index contributed by atoms with van der Waals surface area (Å²) < 4.78 is 0. The van der Waals surface area contributed by atoms with Crippen LogP contribution in [0, 0.1) is 17.8 Å². The molecule has 2 fully saturated rings. The molecule has 3 unspecified atom stereocenters. The van der Waals surface area contributed by atoms with Crippen molar-refractivity contribution in [3.8, 4) is 0 Å². The van der Waals surface area contributed by atoms with E-state index in [1.165, 1.54) is 32.2 Å². The SMILES string of the molecule is CCC1CCCCN1CC1CC(C(C)C)CCC1=O. The lowest BCUT2D eigenvalue weighted by Crippen LogP contribution is -2.45. The monoisotopic (exact) mass is 265 g/mol. The largest absolute Gasteiger partial charge is 0.300 e. The summed E-state index contributed by atoms with van der Waals surface area (Å²) in [5.41, 5.74) is 0. The Morgan fingerprint density at radius 2 is 2.05 bits per heavy atom. The molecule has 2 aliphatic rings. The molecule has 2 nitrogen and oxygen atoms in total. The van der Waals surface area contributed by atoms with Gasteiger partial charge in [0.25, 0.3) is 0 Å². The molecule has 1 saturated carbocycles. The highest BCUT2D eigenvalue weighted by molar-refractivity contribution is 5.82. The summed E-state index contributed by atoms with van der Waals surface area (Å²) in [5.74, 6) is 2.37. The van der Waals surface area contributed by atoms with E-state index in [0.717, 1.165) is 43.7 Å². The molecule has 0 amide bonds. The molecule has 0 aromatic heterocycles. The Balaban J connectivity index is 1.93. The standard InChI is InChI=1S/C17H31NO/c1-4-16-7-5-6-10-18(16)12-15-11-14(13(2)3)8-9-17(15)19/h13-16H,4-12H2,1-3H3. The summed E-state index contributed by atoms with van der Waals surface area (Å²) in [6.45, 7) is 9.18. The number of nitrogens with zero attached hydrogens (tertiary/aromatic N) is 1. The Bertz CT molecular complexity index is 300. The number of hydrogen-bond donors (Lipinski definition) is 0. The first-order valence-electron chi connectivity index (χ1n) is 8.38. The zero-order valence-electron chi connectivity index (χ0n) is 13.0. The molecule has 0 spiro atoms. The third-order valence-electron chi connectivity index (χ3n) is 5.42. The number of carbonyl (C=O) groups is 1. The van der Waals surface area contributed by atoms with Gasteiger partial charge in [-0.1, -0.05) is 27.2 Å². The Kier molecular flexibility index (Phi) is 5.44. The smallest absolute Gasteiger partial charge is 0.137 e. The number of piperidine rings is 1. The van der Waals surface area contributed by atoms with Crippen LogP contribution in [0.1, 0.15) is 65.7 Å². The van der Waals surface area contributed by atoms with Gasteiger partial charge in [0, 0.05) is 24.9 Å². The molecule has 0 bridgehead atoms. The quantitative estimate of drug-likeness (QED) is 0.768. The van der Waals surface area contributed by atoms with E-state index >= 15 is 0 Å². The van der Waals surface area contributed by atoms with Crippen molar-refractivity contribution in [1.82, 2.24) is 4.90 Å². The van der Waals surface area contributed by atoms with Crippen LogP contribution in [0.15, 0.2) is 0 Å². The highest BCUT2D eigenvalue weighted by Crippen LogP contribution is 2.33. The highest BCUT2D eigenvalue weighted by Gasteiger charge is 2.33. The van der Waals surface area contributed by atoms with Gasteiger partial charge in [-0.15, -0.1) is 0 Å². The average Bonchev–Trinajstić information content (AvgIpc) is 2.41. The average molecular weight is 265 g/mol. The van der Waals surface area contributed by atoms with E-state index in [9.17, 15) is 4.79 Å². The second-order valence-corrected chi connectivity index (χ2v) is 6.99. The van der Waals surface area contributed by atoms with Crippen LogP contribution in [-0.2, 0) is 4.79 Å². The first kappa shape index (κ1) is 15.0. The minimum Gasteiger partial charge on any atom is -0.300 e. The lowest BCUT2D eigenvalue weighted by molar-refractivity contribution is -0.127. The molecule has 0 N–H and O–H groups in total. The molecule has 1 aliphatic heterocycles. The van der Waals surface area contributed by atoms with Crippen LogP contribution in [0.5, 0.6) is 0 Å². The molecule has 2 heteroatoms. The molecule has 0 aromatic carbocycles. The van der Waals surface area contributed by atoms with Crippen LogP contribution in [0.4, 0.5) is 0 Å². The van der Waals surface area contributed by atoms with Gasteiger partial charge in [0.2, 0.25) is 0 Å². The fourth-order valence-electron chi connectivity index (χ4n) is 3.97. The topological polar surface area (TPSA) is 20.3 Å². The minimum absolute atomic E-state index is 0.327. The summed E-state index contributed by atoms with van der Waals surface area (Å²) in [5, 5.41) is 0. The number of carbonyl (C=O) groups excluding carboxylic acids is 1. The third-order valence-corrected chi connectivity index (χ3v) is 5.42. The molecule has 110 valence electrons. The maximum absolute atomic E-state index is 12.2. The molecule has 1 saturated heterocycles. The predicted octanol–water partition coefficient (Wildman–Crippen LogP) is 3.89. The number of ketones is 1. The second-order valence-electron chi connectivity index (χ2n) is 6.99. The van der Waals surface area contributed by atoms with Crippen molar-refractivity contribution >= 4 is 5.78 Å². The maximum atomic E-state index is 12.2. The van der Waals surface area contributed by atoms with Gasteiger partial charge in [0.05, 0.1) is 0 Å². The van der Waals surface area contributed by atoms with E-state index in [1.54, 1.807) is 0 Å². The summed E-state index contributed by atoms with van der Waals surface area (Å²) in [4.78, 5) is 14.8. The second kappa shape index (κ2) is 6.88. The molecule has 1 aliphatic carbocycles. The van der Waals surface area contributed by atoms with Crippen LogP contribution in [0.25, 0.3) is 0 Å². The first-order chi connectivity index (χ1) is 9.11. The Labute approximate surface area is 118 Å². The number of likely N-dealkylation sites (tertiary alicyclic amines) is 1. The zero-order chi connectivity index (χ0) is 13.8. The summed E-state index contributed by atoms with van der Waals surface area (Å²) >= 11 is 0. The molecule has 1 heterocycles. The van der Waals surface area contributed by atoms with Crippen molar-refractivity contribution in [2.45, 2.75) is 71.8 Å². The van der Waals surface area contributed by atoms with Gasteiger partial charge in [0.1, 0.15) is 5.78 Å². The maximum Gasteiger partial charge on any atom is 0.137 e. The van der Waals surface area contributed by atoms with Gasteiger partial charge in [-0.25, -0.2) is 0 Å². The van der Waals surface area contributed by atoms with E-state index in [4.69, 9.17) is 0 Å². The van der Waals surface area contributed by atoms with E-state index in [2.05, 4.69) is 25.7 Å². The molecule has 2 rings (SSSR count). The van der Waals surface area contributed by atoms with Crippen LogP contribution in [-0.4, -0.2) is 29.8 Å². The van der Waals surface area contributed by atoms with E-state index < -0.39 is 0 Å². The van der Waals surface area contributed by atoms with E-state index in [1.807, 2.05) is 0 Å². The van der Waals surface area contributed by atoms with Crippen molar-refractivity contribution in [3.05, 3.63) is 0 Å². The van der Waals surface area contributed by atoms with Gasteiger partial charge in [0.15, 0.2) is 0 Å². The van der Waals surface area contributed by atoms with Crippen molar-refractivity contribution < 1.29 is 4.79 Å². The van der Waals surface area contributed by atoms with Gasteiger partial charge < -0.3 is 0 Å². The minimum atomic E-state index is 0.327. The number of Topliss-reactive ketones (excluding diaryl/α,β-unsaturated/α-hetero) is 1. The summed E-state index contributed by atoms with van der Waals surface area (Å²) in [6, 6.07) is 0.737.